The molecule has 1 N–H and O–H groups in total. The Morgan fingerprint density at radius 2 is 1.32 bits per heavy atom. The lowest BCUT2D eigenvalue weighted by atomic mass is 10.1. The molecule has 10 nitrogen and oxygen atoms in total. The van der Waals surface area contributed by atoms with Gasteiger partial charge in [-0.25, -0.2) is 0 Å². The van der Waals surface area contributed by atoms with Crippen molar-refractivity contribution in [2.45, 2.75) is 58.7 Å². The molecule has 2 aliphatic rings. The summed E-state index contributed by atoms with van der Waals surface area (Å²) in [7, 11) is -7.28. The fourth-order valence-electron chi connectivity index (χ4n) is 2.22. The number of rotatable bonds is 6. The summed E-state index contributed by atoms with van der Waals surface area (Å²) in [4.78, 5) is 0. The van der Waals surface area contributed by atoms with Gasteiger partial charge in [0.05, 0.1) is 37.9 Å². The van der Waals surface area contributed by atoms with Crippen LogP contribution >= 0.6 is 0 Å². The predicted molar refractivity (Wildman–Crippen MR) is 101 cm³/mol. The fraction of sp³-hybridized carbons (Fsp3) is 1.00. The van der Waals surface area contributed by atoms with Crippen LogP contribution in [0.3, 0.4) is 0 Å². The molecule has 0 atom stereocenters. The Morgan fingerprint density at radius 3 is 1.71 bits per heavy atom. The second-order valence-electron chi connectivity index (χ2n) is 7.55. The van der Waals surface area contributed by atoms with Gasteiger partial charge in [0.25, 0.3) is 20.2 Å². The van der Waals surface area contributed by atoms with Crippen molar-refractivity contribution in [3.8, 4) is 0 Å². The van der Waals surface area contributed by atoms with Crippen molar-refractivity contribution < 1.29 is 44.5 Å². The van der Waals surface area contributed by atoms with Crippen molar-refractivity contribution in [2.75, 3.05) is 37.9 Å². The van der Waals surface area contributed by atoms with Crippen LogP contribution in [-0.4, -0.2) is 77.0 Å². The van der Waals surface area contributed by atoms with E-state index < -0.39 is 37.9 Å². The Morgan fingerprint density at radius 1 is 0.893 bits per heavy atom. The Labute approximate surface area is 167 Å². The minimum atomic E-state index is -3.86. The summed E-state index contributed by atoms with van der Waals surface area (Å²) in [6, 6.07) is 0. The van der Waals surface area contributed by atoms with E-state index in [0.29, 0.717) is 19.6 Å². The highest BCUT2D eigenvalue weighted by atomic mass is 32.2. The van der Waals surface area contributed by atoms with Crippen molar-refractivity contribution in [3.63, 3.8) is 0 Å². The Bertz CT molecular complexity index is 664. The molecule has 0 bridgehead atoms. The molecule has 0 spiro atoms. The van der Waals surface area contributed by atoms with Gasteiger partial charge in [0, 0.05) is 5.92 Å². The first-order chi connectivity index (χ1) is 12.6. The average Bonchev–Trinajstić information content (AvgIpc) is 2.56. The standard InChI is InChI=1S/2C8H16O5S/c1-8(2)12-5-7(6-13-8)3-4-14(9,10)11;1-4-14(9,10)13-7-5-11-8(2,3)12-6-7/h7H,3-6H2,1-2H3,(H,9,10,11);7H,4-6H2,1-3H3. The Balaban J connectivity index is 0.000000280. The van der Waals surface area contributed by atoms with Crippen LogP contribution in [0.4, 0.5) is 0 Å². The zero-order chi connectivity index (χ0) is 21.6. The van der Waals surface area contributed by atoms with Crippen molar-refractivity contribution in [2.24, 2.45) is 5.92 Å². The van der Waals surface area contributed by atoms with Crippen LogP contribution in [0.15, 0.2) is 0 Å². The van der Waals surface area contributed by atoms with E-state index >= 15 is 0 Å². The zero-order valence-electron chi connectivity index (χ0n) is 17.0. The fourth-order valence-corrected chi connectivity index (χ4v) is 3.51. The normalized spacial score (nSPS) is 23.6. The van der Waals surface area contributed by atoms with E-state index in [9.17, 15) is 16.8 Å². The first-order valence-electron chi connectivity index (χ1n) is 9.05. The Kier molecular flexibility index (Phi) is 9.28. The molecule has 12 heteroatoms. The van der Waals surface area contributed by atoms with Crippen molar-refractivity contribution in [1.29, 1.82) is 0 Å². The van der Waals surface area contributed by atoms with Gasteiger partial charge in [-0.3, -0.25) is 8.74 Å². The smallest absolute Gasteiger partial charge is 0.267 e. The van der Waals surface area contributed by atoms with Gasteiger partial charge in [-0.15, -0.1) is 0 Å². The monoisotopic (exact) mass is 448 g/mol. The lowest BCUT2D eigenvalue weighted by molar-refractivity contribution is -0.268. The van der Waals surface area contributed by atoms with Gasteiger partial charge >= 0.3 is 0 Å². The topological polar surface area (TPSA) is 135 Å². The third-order valence-electron chi connectivity index (χ3n) is 3.99. The minimum absolute atomic E-state index is 0.0348. The van der Waals surface area contributed by atoms with Gasteiger partial charge in [0.1, 0.15) is 6.10 Å². The molecular weight excluding hydrogens is 416 g/mol. The van der Waals surface area contributed by atoms with Crippen molar-refractivity contribution in [1.82, 2.24) is 0 Å². The van der Waals surface area contributed by atoms with E-state index in [-0.39, 0.29) is 30.6 Å². The summed E-state index contributed by atoms with van der Waals surface area (Å²) < 4.78 is 77.7. The maximum Gasteiger partial charge on any atom is 0.267 e. The molecule has 0 amide bonds. The van der Waals surface area contributed by atoms with Crippen LogP contribution < -0.4 is 0 Å². The summed E-state index contributed by atoms with van der Waals surface area (Å²) >= 11 is 0. The van der Waals surface area contributed by atoms with Crippen LogP contribution in [0.5, 0.6) is 0 Å². The predicted octanol–water partition coefficient (Wildman–Crippen LogP) is 1.17. The molecule has 0 saturated carbocycles. The van der Waals surface area contributed by atoms with Gasteiger partial charge in [0.15, 0.2) is 11.6 Å². The molecule has 168 valence electrons. The third kappa shape index (κ3) is 11.0. The second kappa shape index (κ2) is 10.1. The molecule has 2 heterocycles. The number of ether oxygens (including phenoxy) is 4. The van der Waals surface area contributed by atoms with Crippen LogP contribution in [0.25, 0.3) is 0 Å². The van der Waals surface area contributed by atoms with Gasteiger partial charge in [-0.05, 0) is 41.0 Å². The van der Waals surface area contributed by atoms with Gasteiger partial charge in [-0.2, -0.15) is 16.8 Å². The van der Waals surface area contributed by atoms with Gasteiger partial charge in [-0.1, -0.05) is 0 Å². The molecule has 2 fully saturated rings. The second-order valence-corrected chi connectivity index (χ2v) is 11.0. The number of hydrogen-bond acceptors (Lipinski definition) is 9. The summed E-state index contributed by atoms with van der Waals surface area (Å²) in [6.45, 7) is 10.1. The summed E-state index contributed by atoms with van der Waals surface area (Å²) in [5, 5.41) is 0. The van der Waals surface area contributed by atoms with Crippen molar-refractivity contribution in [3.05, 3.63) is 0 Å². The summed E-state index contributed by atoms with van der Waals surface area (Å²) in [6.07, 6.45) is -0.150. The third-order valence-corrected chi connectivity index (χ3v) is 6.01. The molecular formula is C16H32O10S2. The first-order valence-corrected chi connectivity index (χ1v) is 12.2. The molecule has 2 aliphatic heterocycles. The molecule has 0 unspecified atom stereocenters. The zero-order valence-corrected chi connectivity index (χ0v) is 18.7. The van der Waals surface area contributed by atoms with Crippen LogP contribution in [0.1, 0.15) is 41.0 Å². The van der Waals surface area contributed by atoms with Crippen LogP contribution in [-0.2, 0) is 43.4 Å². The molecule has 2 saturated heterocycles. The largest absolute Gasteiger partial charge is 0.350 e. The maximum atomic E-state index is 11.1. The van der Waals surface area contributed by atoms with Gasteiger partial charge in [0.2, 0.25) is 0 Å². The highest BCUT2D eigenvalue weighted by Crippen LogP contribution is 2.22. The average molecular weight is 449 g/mol. The molecule has 0 radical (unpaired) electrons. The summed E-state index contributed by atoms with van der Waals surface area (Å²) in [5.41, 5.74) is 0. The van der Waals surface area contributed by atoms with E-state index in [0.717, 1.165) is 0 Å². The highest BCUT2D eigenvalue weighted by molar-refractivity contribution is 7.86. The first kappa shape index (κ1) is 25.7. The molecule has 2 rings (SSSR count). The Hall–Kier alpha value is -0.340. The van der Waals surface area contributed by atoms with Crippen LogP contribution in [0.2, 0.25) is 0 Å². The molecule has 28 heavy (non-hydrogen) atoms. The molecule has 0 aliphatic carbocycles. The lowest BCUT2D eigenvalue weighted by Gasteiger charge is -2.34. The van der Waals surface area contributed by atoms with Gasteiger partial charge < -0.3 is 18.9 Å². The quantitative estimate of drug-likeness (QED) is 0.466. The lowest BCUT2D eigenvalue weighted by Crippen LogP contribution is -2.44. The van der Waals surface area contributed by atoms with E-state index in [1.54, 1.807) is 13.8 Å². The molecule has 0 aromatic carbocycles. The maximum absolute atomic E-state index is 11.1. The molecule has 0 aromatic rings. The highest BCUT2D eigenvalue weighted by Gasteiger charge is 2.31. The van der Waals surface area contributed by atoms with Crippen molar-refractivity contribution >= 4 is 20.2 Å². The van der Waals surface area contributed by atoms with E-state index in [2.05, 4.69) is 0 Å². The number of hydrogen-bond donors (Lipinski definition) is 1. The van der Waals surface area contributed by atoms with E-state index in [1.807, 2.05) is 13.8 Å². The molecule has 0 aromatic heterocycles. The van der Waals surface area contributed by atoms with Crippen LogP contribution in [0, 0.1) is 5.92 Å². The minimum Gasteiger partial charge on any atom is -0.350 e. The summed E-state index contributed by atoms with van der Waals surface area (Å²) in [5.74, 6) is -1.44. The van der Waals surface area contributed by atoms with E-state index in [1.165, 1.54) is 6.92 Å². The SMILES string of the molecule is CC1(C)OCC(CCS(=O)(=O)O)CO1.CCS(=O)(=O)OC1COC(C)(C)OC1. The van der Waals surface area contributed by atoms with E-state index in [4.69, 9.17) is 27.7 Å².